The fourth-order valence-electron chi connectivity index (χ4n) is 3.38. The lowest BCUT2D eigenvalue weighted by molar-refractivity contribution is -0.132. The van der Waals surface area contributed by atoms with Gasteiger partial charge in [0, 0.05) is 43.2 Å². The van der Waals surface area contributed by atoms with Gasteiger partial charge in [0.2, 0.25) is 5.91 Å². The van der Waals surface area contributed by atoms with Gasteiger partial charge in [0.05, 0.1) is 13.7 Å². The highest BCUT2D eigenvalue weighted by atomic mass is 35.5. The van der Waals surface area contributed by atoms with Gasteiger partial charge in [-0.3, -0.25) is 9.59 Å². The summed E-state index contributed by atoms with van der Waals surface area (Å²) in [6.45, 7) is 4.56. The number of benzene rings is 2. The Morgan fingerprint density at radius 2 is 1.73 bits per heavy atom. The number of methoxy groups -OCH3 is 1. The zero-order valence-electron chi connectivity index (χ0n) is 17.4. The van der Waals surface area contributed by atoms with Crippen LogP contribution >= 0.6 is 11.6 Å². The Kier molecular flexibility index (Phi) is 7.57. The summed E-state index contributed by atoms with van der Waals surface area (Å²) in [7, 11) is 1.58. The molecule has 0 radical (unpaired) electrons. The maximum Gasteiger partial charge on any atom is 0.254 e. The largest absolute Gasteiger partial charge is 0.497 e. The molecule has 1 saturated heterocycles. The van der Waals surface area contributed by atoms with Crippen molar-refractivity contribution in [3.8, 4) is 11.5 Å². The van der Waals surface area contributed by atoms with Gasteiger partial charge < -0.3 is 19.3 Å². The molecule has 0 spiro atoms. The summed E-state index contributed by atoms with van der Waals surface area (Å²) in [5.41, 5.74) is 1.57. The van der Waals surface area contributed by atoms with E-state index >= 15 is 0 Å². The van der Waals surface area contributed by atoms with Crippen LogP contribution in [0.5, 0.6) is 11.5 Å². The third-order valence-electron chi connectivity index (χ3n) is 5.17. The van der Waals surface area contributed by atoms with Crippen molar-refractivity contribution in [2.24, 2.45) is 0 Å². The van der Waals surface area contributed by atoms with E-state index in [4.69, 9.17) is 21.1 Å². The molecule has 0 N–H and O–H groups in total. The van der Waals surface area contributed by atoms with Gasteiger partial charge in [0.25, 0.3) is 5.91 Å². The molecule has 2 aromatic rings. The monoisotopic (exact) mass is 430 g/mol. The zero-order valence-corrected chi connectivity index (χ0v) is 18.2. The lowest BCUT2D eigenvalue weighted by Gasteiger charge is -2.35. The molecular formula is C23H27ClN2O4. The molecule has 1 heterocycles. The molecule has 0 unspecified atom stereocenters. The zero-order chi connectivity index (χ0) is 21.5. The van der Waals surface area contributed by atoms with Crippen molar-refractivity contribution in [1.29, 1.82) is 0 Å². The molecule has 160 valence electrons. The molecule has 1 fully saturated rings. The summed E-state index contributed by atoms with van der Waals surface area (Å²) in [6, 6.07) is 12.7. The van der Waals surface area contributed by atoms with Gasteiger partial charge in [0.1, 0.15) is 11.5 Å². The summed E-state index contributed by atoms with van der Waals surface area (Å²) >= 11 is 6.01. The molecule has 0 aliphatic carbocycles. The summed E-state index contributed by atoms with van der Waals surface area (Å²) in [6.07, 6.45) is 1.07. The average Bonchev–Trinajstić information content (AvgIpc) is 2.78. The van der Waals surface area contributed by atoms with Gasteiger partial charge in [0.15, 0.2) is 0 Å². The number of hydrogen-bond donors (Lipinski definition) is 0. The van der Waals surface area contributed by atoms with Crippen molar-refractivity contribution in [3.05, 3.63) is 58.6 Å². The average molecular weight is 431 g/mol. The van der Waals surface area contributed by atoms with E-state index in [-0.39, 0.29) is 11.8 Å². The second-order valence-corrected chi connectivity index (χ2v) is 7.68. The van der Waals surface area contributed by atoms with Gasteiger partial charge in [-0.15, -0.1) is 0 Å². The van der Waals surface area contributed by atoms with E-state index in [0.29, 0.717) is 62.0 Å². The van der Waals surface area contributed by atoms with E-state index in [2.05, 4.69) is 0 Å². The van der Waals surface area contributed by atoms with Gasteiger partial charge in [-0.2, -0.15) is 0 Å². The first kappa shape index (κ1) is 22.0. The van der Waals surface area contributed by atoms with Crippen LogP contribution in [0.25, 0.3) is 0 Å². The number of rotatable bonds is 7. The highest BCUT2D eigenvalue weighted by molar-refractivity contribution is 6.31. The van der Waals surface area contributed by atoms with Crippen LogP contribution in [0.2, 0.25) is 5.02 Å². The van der Waals surface area contributed by atoms with Gasteiger partial charge >= 0.3 is 0 Å². The molecule has 1 aliphatic rings. The van der Waals surface area contributed by atoms with Crippen LogP contribution in [0.3, 0.4) is 0 Å². The van der Waals surface area contributed by atoms with Crippen LogP contribution in [0, 0.1) is 6.92 Å². The number of halogens is 1. The molecule has 30 heavy (non-hydrogen) atoms. The molecule has 1 aliphatic heterocycles. The highest BCUT2D eigenvalue weighted by Crippen LogP contribution is 2.21. The maximum absolute atomic E-state index is 12.7. The molecule has 3 rings (SSSR count). The van der Waals surface area contributed by atoms with Crippen LogP contribution < -0.4 is 9.47 Å². The van der Waals surface area contributed by atoms with E-state index < -0.39 is 0 Å². The SMILES string of the molecule is COc1cccc(C(=O)N2CCN(C(=O)CCCOc3ccc(Cl)c(C)c3)CC2)c1. The van der Waals surface area contributed by atoms with Gasteiger partial charge in [-0.05, 0) is 55.3 Å². The Bertz CT molecular complexity index is 895. The number of carbonyl (C=O) groups is 2. The van der Waals surface area contributed by atoms with Crippen molar-refractivity contribution in [3.63, 3.8) is 0 Å². The van der Waals surface area contributed by atoms with E-state index in [1.165, 1.54) is 0 Å². The van der Waals surface area contributed by atoms with Crippen LogP contribution in [0.4, 0.5) is 0 Å². The number of amides is 2. The summed E-state index contributed by atoms with van der Waals surface area (Å²) < 4.78 is 10.9. The van der Waals surface area contributed by atoms with Crippen molar-refractivity contribution in [2.75, 3.05) is 39.9 Å². The second-order valence-electron chi connectivity index (χ2n) is 7.27. The highest BCUT2D eigenvalue weighted by Gasteiger charge is 2.24. The van der Waals surface area contributed by atoms with Gasteiger partial charge in [-0.25, -0.2) is 0 Å². The Hall–Kier alpha value is -2.73. The summed E-state index contributed by atoms with van der Waals surface area (Å²) in [4.78, 5) is 28.8. The predicted octanol–water partition coefficient (Wildman–Crippen LogP) is 3.80. The Morgan fingerprint density at radius 1 is 1.00 bits per heavy atom. The van der Waals surface area contributed by atoms with Crippen LogP contribution in [0.15, 0.2) is 42.5 Å². The molecule has 2 aromatic carbocycles. The number of piperazine rings is 1. The Morgan fingerprint density at radius 3 is 2.43 bits per heavy atom. The normalized spacial score (nSPS) is 13.8. The molecule has 7 heteroatoms. The topological polar surface area (TPSA) is 59.1 Å². The standard InChI is InChI=1S/C23H27ClN2O4/c1-17-15-20(8-9-21(17)24)30-14-4-7-22(27)25-10-12-26(13-11-25)23(28)18-5-3-6-19(16-18)29-2/h3,5-6,8-9,15-16H,4,7,10-14H2,1-2H3. The molecule has 0 saturated carbocycles. The molecule has 6 nitrogen and oxygen atoms in total. The van der Waals surface area contributed by atoms with E-state index in [1.54, 1.807) is 30.2 Å². The minimum Gasteiger partial charge on any atom is -0.497 e. The van der Waals surface area contributed by atoms with Crippen LogP contribution in [-0.4, -0.2) is 61.5 Å². The summed E-state index contributed by atoms with van der Waals surface area (Å²) in [5.74, 6) is 1.48. The first-order valence-electron chi connectivity index (χ1n) is 10.1. The fourth-order valence-corrected chi connectivity index (χ4v) is 3.49. The van der Waals surface area contributed by atoms with E-state index in [9.17, 15) is 9.59 Å². The van der Waals surface area contributed by atoms with Gasteiger partial charge in [-0.1, -0.05) is 17.7 Å². The predicted molar refractivity (Wildman–Crippen MR) is 116 cm³/mol. The first-order chi connectivity index (χ1) is 14.5. The molecule has 0 bridgehead atoms. The third kappa shape index (κ3) is 5.66. The maximum atomic E-state index is 12.7. The Balaban J connectivity index is 1.40. The third-order valence-corrected chi connectivity index (χ3v) is 5.59. The van der Waals surface area contributed by atoms with Crippen molar-refractivity contribution < 1.29 is 19.1 Å². The lowest BCUT2D eigenvalue weighted by atomic mass is 10.1. The molecule has 0 aromatic heterocycles. The van der Waals surface area contributed by atoms with Crippen molar-refractivity contribution >= 4 is 23.4 Å². The van der Waals surface area contributed by atoms with Crippen molar-refractivity contribution in [2.45, 2.75) is 19.8 Å². The second kappa shape index (κ2) is 10.3. The number of carbonyl (C=O) groups excluding carboxylic acids is 2. The minimum absolute atomic E-state index is 0.0346. The molecule has 2 amide bonds. The Labute approximate surface area is 182 Å². The molecule has 0 atom stereocenters. The number of nitrogens with zero attached hydrogens (tertiary/aromatic N) is 2. The number of ether oxygens (including phenoxy) is 2. The summed E-state index contributed by atoms with van der Waals surface area (Å²) in [5, 5.41) is 0.710. The number of aryl methyl sites for hydroxylation is 1. The first-order valence-corrected chi connectivity index (χ1v) is 10.5. The quantitative estimate of drug-likeness (QED) is 0.627. The molecular weight excluding hydrogens is 404 g/mol. The van der Waals surface area contributed by atoms with Crippen molar-refractivity contribution in [1.82, 2.24) is 9.80 Å². The van der Waals surface area contributed by atoms with Crippen LogP contribution in [0.1, 0.15) is 28.8 Å². The number of hydrogen-bond acceptors (Lipinski definition) is 4. The smallest absolute Gasteiger partial charge is 0.254 e. The fraction of sp³-hybridized carbons (Fsp3) is 0.391. The lowest BCUT2D eigenvalue weighted by Crippen LogP contribution is -2.50. The van der Waals surface area contributed by atoms with E-state index in [1.807, 2.05) is 36.1 Å². The van der Waals surface area contributed by atoms with E-state index in [0.717, 1.165) is 11.3 Å². The minimum atomic E-state index is -0.0346. The van der Waals surface area contributed by atoms with Crippen LogP contribution in [-0.2, 0) is 4.79 Å².